The van der Waals surface area contributed by atoms with Gasteiger partial charge in [-0.2, -0.15) is 0 Å². The Hall–Kier alpha value is -3.54. The van der Waals surface area contributed by atoms with Crippen LogP contribution in [0.15, 0.2) is 24.5 Å². The molecule has 210 valence electrons. The van der Waals surface area contributed by atoms with Crippen LogP contribution >= 0.6 is 0 Å². The predicted octanol–water partition coefficient (Wildman–Crippen LogP) is 2.46. The van der Waals surface area contributed by atoms with Crippen LogP contribution in [0.1, 0.15) is 38.2 Å². The summed E-state index contributed by atoms with van der Waals surface area (Å²) < 4.78 is 30.6. The zero-order valence-electron chi connectivity index (χ0n) is 22.3. The van der Waals surface area contributed by atoms with E-state index >= 15 is 8.78 Å². The van der Waals surface area contributed by atoms with Crippen molar-refractivity contribution in [2.75, 3.05) is 61.4 Å². The number of carboxylic acid groups (broad SMARTS) is 1. The third-order valence-corrected chi connectivity index (χ3v) is 8.51. The summed E-state index contributed by atoms with van der Waals surface area (Å²) in [7, 11) is 1.79. The molecule has 0 radical (unpaired) electrons. The van der Waals surface area contributed by atoms with Gasteiger partial charge < -0.3 is 25.5 Å². The first-order chi connectivity index (χ1) is 18.6. The van der Waals surface area contributed by atoms with E-state index in [1.54, 1.807) is 18.9 Å². The Morgan fingerprint density at radius 1 is 1.05 bits per heavy atom. The smallest absolute Gasteiger partial charge is 0.309 e. The molecule has 0 aliphatic carbocycles. The van der Waals surface area contributed by atoms with Gasteiger partial charge in [-0.15, -0.1) is 0 Å². The SMILES string of the molecule is CNc1cc(N2CCC3(CC2)CN(c2cc(F)c(CN4CCC(C)(C(=O)O)CC4)cc2F)CC(=O)N3)ncn1. The molecule has 3 aliphatic rings. The first-order valence-electron chi connectivity index (χ1n) is 13.3. The van der Waals surface area contributed by atoms with Gasteiger partial charge in [-0.05, 0) is 51.8 Å². The summed E-state index contributed by atoms with van der Waals surface area (Å²) in [6.45, 7) is 4.58. The molecule has 3 saturated heterocycles. The van der Waals surface area contributed by atoms with E-state index in [0.717, 1.165) is 11.6 Å². The van der Waals surface area contributed by atoms with Crippen LogP contribution in [0.2, 0.25) is 0 Å². The monoisotopic (exact) mass is 543 g/mol. The first kappa shape index (κ1) is 27.0. The molecule has 10 nitrogen and oxygen atoms in total. The van der Waals surface area contributed by atoms with E-state index in [1.165, 1.54) is 18.5 Å². The van der Waals surface area contributed by atoms with Gasteiger partial charge in [0.25, 0.3) is 0 Å². The molecule has 0 saturated carbocycles. The summed E-state index contributed by atoms with van der Waals surface area (Å²) >= 11 is 0. The number of anilines is 3. The number of halogens is 2. The molecule has 1 aromatic heterocycles. The number of aliphatic carboxylic acids is 1. The second-order valence-electron chi connectivity index (χ2n) is 11.2. The van der Waals surface area contributed by atoms with Gasteiger partial charge in [-0.1, -0.05) is 0 Å². The molecule has 3 aliphatic heterocycles. The van der Waals surface area contributed by atoms with Crippen molar-refractivity contribution < 1.29 is 23.5 Å². The normalized spacial score (nSPS) is 21.1. The van der Waals surface area contributed by atoms with E-state index in [9.17, 15) is 14.7 Å². The van der Waals surface area contributed by atoms with Gasteiger partial charge in [0.05, 0.1) is 23.2 Å². The molecule has 0 bridgehead atoms. The molecule has 12 heteroatoms. The largest absolute Gasteiger partial charge is 0.481 e. The highest BCUT2D eigenvalue weighted by Gasteiger charge is 2.42. The maximum atomic E-state index is 15.4. The van der Waals surface area contributed by atoms with Crippen LogP contribution in [0.5, 0.6) is 0 Å². The number of piperazine rings is 1. The van der Waals surface area contributed by atoms with Crippen molar-refractivity contribution in [1.82, 2.24) is 20.2 Å². The number of nitrogens with one attached hydrogen (secondary N) is 2. The molecule has 39 heavy (non-hydrogen) atoms. The molecular weight excluding hydrogens is 508 g/mol. The lowest BCUT2D eigenvalue weighted by molar-refractivity contribution is -0.150. The van der Waals surface area contributed by atoms with Crippen LogP contribution in [0.25, 0.3) is 0 Å². The van der Waals surface area contributed by atoms with Crippen molar-refractivity contribution in [2.24, 2.45) is 5.41 Å². The third kappa shape index (κ3) is 5.61. The number of nitrogens with zero attached hydrogens (tertiary/aromatic N) is 5. The minimum Gasteiger partial charge on any atom is -0.481 e. The molecule has 1 aromatic carbocycles. The number of amides is 1. The van der Waals surface area contributed by atoms with Crippen molar-refractivity contribution in [2.45, 2.75) is 44.7 Å². The Kier molecular flexibility index (Phi) is 7.32. The summed E-state index contributed by atoms with van der Waals surface area (Å²) in [5, 5.41) is 15.6. The number of hydrogen-bond donors (Lipinski definition) is 3. The van der Waals surface area contributed by atoms with Gasteiger partial charge in [-0.3, -0.25) is 14.5 Å². The van der Waals surface area contributed by atoms with E-state index in [1.807, 2.05) is 11.0 Å². The Morgan fingerprint density at radius 2 is 1.77 bits per heavy atom. The van der Waals surface area contributed by atoms with Crippen LogP contribution < -0.4 is 20.4 Å². The number of aromatic nitrogens is 2. The number of carboxylic acids is 1. The average molecular weight is 544 g/mol. The average Bonchev–Trinajstić information content (AvgIpc) is 2.92. The topological polar surface area (TPSA) is 114 Å². The lowest BCUT2D eigenvalue weighted by Gasteiger charge is -2.48. The van der Waals surface area contributed by atoms with Crippen molar-refractivity contribution in [1.29, 1.82) is 0 Å². The maximum absolute atomic E-state index is 15.4. The van der Waals surface area contributed by atoms with Crippen molar-refractivity contribution in [3.63, 3.8) is 0 Å². The zero-order valence-corrected chi connectivity index (χ0v) is 22.3. The van der Waals surface area contributed by atoms with E-state index in [4.69, 9.17) is 0 Å². The van der Waals surface area contributed by atoms with Gasteiger partial charge in [0.2, 0.25) is 5.91 Å². The highest BCUT2D eigenvalue weighted by Crippen LogP contribution is 2.34. The molecule has 2 aromatic rings. The van der Waals surface area contributed by atoms with E-state index in [-0.39, 0.29) is 30.2 Å². The van der Waals surface area contributed by atoms with Crippen LogP contribution in [-0.4, -0.2) is 83.7 Å². The van der Waals surface area contributed by atoms with E-state index in [2.05, 4.69) is 25.5 Å². The number of likely N-dealkylation sites (tertiary alicyclic amines) is 1. The van der Waals surface area contributed by atoms with Crippen LogP contribution in [-0.2, 0) is 16.1 Å². The molecular formula is C27H35F2N7O3. The Bertz CT molecular complexity index is 1240. The van der Waals surface area contributed by atoms with E-state index < -0.39 is 28.6 Å². The number of piperidine rings is 2. The predicted molar refractivity (Wildman–Crippen MR) is 143 cm³/mol. The summed E-state index contributed by atoms with van der Waals surface area (Å²) in [6, 6.07) is 4.28. The molecule has 5 rings (SSSR count). The van der Waals surface area contributed by atoms with Crippen molar-refractivity contribution in [3.05, 3.63) is 41.7 Å². The summed E-state index contributed by atoms with van der Waals surface area (Å²) in [6.07, 6.45) is 3.71. The standard InChI is InChI=1S/C27H35F2N7O3/c1-26(25(38)39)3-7-34(8-4-26)14-18-11-20(29)21(12-19(18)28)36-15-24(37)33-27(16-36)5-9-35(10-6-27)23-13-22(30-2)31-17-32-23/h11-13,17H,3-10,14-16H2,1-2H3,(H,33,37)(H,38,39)(H,30,31,32). The Labute approximate surface area is 226 Å². The van der Waals surface area contributed by atoms with Gasteiger partial charge in [0.15, 0.2) is 0 Å². The summed E-state index contributed by atoms with van der Waals surface area (Å²) in [4.78, 5) is 38.5. The molecule has 4 heterocycles. The second-order valence-corrected chi connectivity index (χ2v) is 11.2. The number of carbonyl (C=O) groups is 2. The van der Waals surface area contributed by atoms with Crippen molar-refractivity contribution >= 4 is 29.2 Å². The molecule has 3 N–H and O–H groups in total. The van der Waals surface area contributed by atoms with Crippen LogP contribution in [0.3, 0.4) is 0 Å². The highest BCUT2D eigenvalue weighted by molar-refractivity contribution is 5.84. The maximum Gasteiger partial charge on any atom is 0.309 e. The summed E-state index contributed by atoms with van der Waals surface area (Å²) in [5.74, 6) is -0.619. The third-order valence-electron chi connectivity index (χ3n) is 8.51. The number of benzene rings is 1. The lowest BCUT2D eigenvalue weighted by Crippen LogP contribution is -2.66. The molecule has 1 amide bonds. The Balaban J connectivity index is 1.26. The lowest BCUT2D eigenvalue weighted by atomic mass is 9.80. The number of hydrogen-bond acceptors (Lipinski definition) is 8. The van der Waals surface area contributed by atoms with Gasteiger partial charge in [0, 0.05) is 50.9 Å². The van der Waals surface area contributed by atoms with Gasteiger partial charge in [0.1, 0.15) is 29.6 Å². The minimum absolute atomic E-state index is 0.0431. The quantitative estimate of drug-likeness (QED) is 0.506. The van der Waals surface area contributed by atoms with Crippen LogP contribution in [0, 0.1) is 17.0 Å². The molecule has 1 spiro atoms. The van der Waals surface area contributed by atoms with Gasteiger partial charge >= 0.3 is 5.97 Å². The fraction of sp³-hybridized carbons (Fsp3) is 0.556. The molecule has 0 unspecified atom stereocenters. The van der Waals surface area contributed by atoms with Crippen LogP contribution in [0.4, 0.5) is 26.1 Å². The first-order valence-corrected chi connectivity index (χ1v) is 13.3. The fourth-order valence-corrected chi connectivity index (χ4v) is 5.84. The van der Waals surface area contributed by atoms with Crippen molar-refractivity contribution in [3.8, 4) is 0 Å². The fourth-order valence-electron chi connectivity index (χ4n) is 5.84. The van der Waals surface area contributed by atoms with E-state index in [0.29, 0.717) is 58.4 Å². The molecule has 0 atom stereocenters. The number of carbonyl (C=O) groups excluding carboxylic acids is 1. The zero-order chi connectivity index (χ0) is 27.8. The second kappa shape index (κ2) is 10.6. The Morgan fingerprint density at radius 3 is 2.44 bits per heavy atom. The minimum atomic E-state index is -0.824. The number of rotatable bonds is 6. The summed E-state index contributed by atoms with van der Waals surface area (Å²) in [5.41, 5.74) is -1.02. The molecule has 3 fully saturated rings. The highest BCUT2D eigenvalue weighted by atomic mass is 19.1. The van der Waals surface area contributed by atoms with Gasteiger partial charge in [-0.25, -0.2) is 18.7 Å².